The summed E-state index contributed by atoms with van der Waals surface area (Å²) < 4.78 is 29.1. The number of rotatable bonds is 3. The molecule has 0 unspecified atom stereocenters. The van der Waals surface area contributed by atoms with Crippen molar-refractivity contribution < 1.29 is 23.2 Å². The van der Waals surface area contributed by atoms with Crippen LogP contribution in [-0.4, -0.2) is 12.1 Å². The highest BCUT2D eigenvalue weighted by molar-refractivity contribution is 5.89. The van der Waals surface area contributed by atoms with Crippen LogP contribution in [0.25, 0.3) is 0 Å². The van der Waals surface area contributed by atoms with E-state index in [1.165, 1.54) is 0 Å². The lowest BCUT2D eigenvalue weighted by atomic mass is 10.2. The fourth-order valence-corrected chi connectivity index (χ4v) is 0.847. The summed E-state index contributed by atoms with van der Waals surface area (Å²) in [5, 5.41) is 0. The Morgan fingerprint density at radius 1 is 1.47 bits per heavy atom. The first-order chi connectivity index (χ1) is 8.50. The summed E-state index contributed by atoms with van der Waals surface area (Å²) in [6, 6.07) is 7.74. The number of hydrogen-bond acceptors (Lipinski definition) is 4. The summed E-state index contributed by atoms with van der Waals surface area (Å²) >= 11 is 0. The van der Waals surface area contributed by atoms with Gasteiger partial charge in [-0.15, -0.1) is 0 Å². The fraction of sp³-hybridized carbons (Fsp3) is 0.0909. The van der Waals surface area contributed by atoms with Gasteiger partial charge in [-0.3, -0.25) is 0 Å². The molecule has 0 bridgehead atoms. The highest BCUT2D eigenvalue weighted by atomic mass is 16.7. The van der Waals surface area contributed by atoms with Crippen LogP contribution in [0.4, 0.5) is 4.79 Å². The van der Waals surface area contributed by atoms with E-state index in [9.17, 15) is 9.59 Å². The van der Waals surface area contributed by atoms with Crippen LogP contribution < -0.4 is 0 Å². The number of ether oxygens (including phenoxy) is 2. The lowest BCUT2D eigenvalue weighted by Crippen LogP contribution is -2.11. The van der Waals surface area contributed by atoms with Crippen molar-refractivity contribution in [3.8, 4) is 0 Å². The van der Waals surface area contributed by atoms with Gasteiger partial charge in [0.15, 0.2) is 0 Å². The molecule has 0 aromatic heterocycles. The molecule has 0 heterocycles. The maximum absolute atomic E-state index is 11.1. The van der Waals surface area contributed by atoms with Gasteiger partial charge in [-0.25, -0.2) is 9.59 Å². The molecule has 0 spiro atoms. The number of hydrogen-bond donors (Lipinski definition) is 0. The van der Waals surface area contributed by atoms with Gasteiger partial charge in [-0.05, 0) is 5.56 Å². The molecule has 4 heteroatoms. The molecule has 1 aromatic carbocycles. The van der Waals surface area contributed by atoms with Crippen LogP contribution in [0.15, 0.2) is 42.9 Å². The molecule has 0 atom stereocenters. The van der Waals surface area contributed by atoms with Gasteiger partial charge < -0.3 is 9.47 Å². The summed E-state index contributed by atoms with van der Waals surface area (Å²) in [4.78, 5) is 22.1. The molecule has 1 aromatic rings. The van der Waals surface area contributed by atoms with Crippen LogP contribution in [0.2, 0.25) is 0 Å². The van der Waals surface area contributed by atoms with Gasteiger partial charge >= 0.3 is 12.1 Å². The van der Waals surface area contributed by atoms with E-state index >= 15 is 0 Å². The van der Waals surface area contributed by atoms with Gasteiger partial charge in [0.1, 0.15) is 6.61 Å². The molecule has 0 fully saturated rings. The molecule has 0 radical (unpaired) electrons. The predicted octanol–water partition coefficient (Wildman–Crippen LogP) is 2.05. The topological polar surface area (TPSA) is 52.6 Å². The van der Waals surface area contributed by atoms with Crippen LogP contribution in [0, 0.1) is 0 Å². The maximum atomic E-state index is 11.1. The number of esters is 1. The molecule has 1 rings (SSSR count). The van der Waals surface area contributed by atoms with Crippen molar-refractivity contribution in [1.82, 2.24) is 0 Å². The zero-order valence-corrected chi connectivity index (χ0v) is 7.73. The first-order valence-corrected chi connectivity index (χ1v) is 4.07. The maximum Gasteiger partial charge on any atom is 0.516 e. The van der Waals surface area contributed by atoms with Gasteiger partial charge in [0.2, 0.25) is 0 Å². The summed E-state index contributed by atoms with van der Waals surface area (Å²) in [7, 11) is 0. The second-order valence-corrected chi connectivity index (χ2v) is 2.54. The zero-order chi connectivity index (χ0) is 13.5. The van der Waals surface area contributed by atoms with Crippen molar-refractivity contribution in [3.05, 3.63) is 48.5 Å². The van der Waals surface area contributed by atoms with Crippen molar-refractivity contribution in [2.75, 3.05) is 0 Å². The van der Waals surface area contributed by atoms with Crippen LogP contribution in [0.1, 0.15) is 9.68 Å². The normalized spacial score (nSPS) is 11.6. The van der Waals surface area contributed by atoms with Crippen molar-refractivity contribution in [3.63, 3.8) is 0 Å². The molecule has 0 aliphatic rings. The zero-order valence-electron chi connectivity index (χ0n) is 10.7. The second kappa shape index (κ2) is 5.59. The Labute approximate surface area is 91.3 Å². The van der Waals surface area contributed by atoms with Gasteiger partial charge in [-0.1, -0.05) is 36.9 Å². The SMILES string of the molecule is [2H]C([2H])=C([2H])C(=O)OC(=O)OCc1ccccc1. The third-order valence-electron chi connectivity index (χ3n) is 1.48. The van der Waals surface area contributed by atoms with E-state index in [0.29, 0.717) is 5.56 Å². The largest absolute Gasteiger partial charge is 0.516 e. The van der Waals surface area contributed by atoms with E-state index in [4.69, 9.17) is 4.11 Å². The van der Waals surface area contributed by atoms with E-state index in [-0.39, 0.29) is 6.61 Å². The van der Waals surface area contributed by atoms with E-state index in [0.717, 1.165) is 0 Å². The molecule has 15 heavy (non-hydrogen) atoms. The van der Waals surface area contributed by atoms with Crippen LogP contribution >= 0.6 is 0 Å². The molecule has 4 nitrogen and oxygen atoms in total. The van der Waals surface area contributed by atoms with Gasteiger partial charge in [0.05, 0.1) is 4.11 Å². The second-order valence-electron chi connectivity index (χ2n) is 2.54. The number of benzene rings is 1. The smallest absolute Gasteiger partial charge is 0.429 e. The first-order valence-electron chi connectivity index (χ1n) is 5.57. The molecule has 0 amide bonds. The van der Waals surface area contributed by atoms with E-state index in [1.807, 2.05) is 0 Å². The molecule has 0 saturated carbocycles. The quantitative estimate of drug-likeness (QED) is 0.434. The third kappa shape index (κ3) is 4.08. The van der Waals surface area contributed by atoms with Crippen LogP contribution in [0.5, 0.6) is 0 Å². The van der Waals surface area contributed by atoms with Crippen LogP contribution in [-0.2, 0) is 20.9 Å². The van der Waals surface area contributed by atoms with Crippen molar-refractivity contribution in [2.24, 2.45) is 0 Å². The Bertz CT molecular complexity index is 466. The minimum atomic E-state index is -1.38. The summed E-state index contributed by atoms with van der Waals surface area (Å²) in [5.41, 5.74) is 0.713. The Kier molecular flexibility index (Phi) is 2.69. The van der Waals surface area contributed by atoms with Crippen molar-refractivity contribution >= 4 is 12.1 Å². The Morgan fingerprint density at radius 2 is 2.20 bits per heavy atom. The lowest BCUT2D eigenvalue weighted by molar-refractivity contribution is -0.134. The van der Waals surface area contributed by atoms with Crippen molar-refractivity contribution in [1.29, 1.82) is 0 Å². The average molecular weight is 209 g/mol. The average Bonchev–Trinajstić information content (AvgIpc) is 2.36. The third-order valence-corrected chi connectivity index (χ3v) is 1.48. The van der Waals surface area contributed by atoms with E-state index in [1.54, 1.807) is 30.3 Å². The summed E-state index contributed by atoms with van der Waals surface area (Å²) in [5.74, 6) is -1.38. The molecule has 0 N–H and O–H groups in total. The summed E-state index contributed by atoms with van der Waals surface area (Å²) in [6.45, 7) is -1.10. The standard InChI is InChI=1S/C11H10O4/c1-2-10(12)15-11(13)14-8-9-6-4-3-5-7-9/h2-7H,1,8H2/i1D2,2D. The molecule has 0 saturated heterocycles. The minimum absolute atomic E-state index is 0.0708. The summed E-state index contributed by atoms with van der Waals surface area (Å²) in [6.07, 6.45) is -1.27. The monoisotopic (exact) mass is 209 g/mol. The number of carbonyl (C=O) groups excluding carboxylic acids is 2. The Morgan fingerprint density at radius 3 is 2.87 bits per heavy atom. The first kappa shape index (κ1) is 7.23. The van der Waals surface area contributed by atoms with E-state index < -0.39 is 24.7 Å². The van der Waals surface area contributed by atoms with E-state index in [2.05, 4.69) is 9.47 Å². The molecular weight excluding hydrogens is 196 g/mol. The van der Waals surface area contributed by atoms with Gasteiger partial charge in [-0.2, -0.15) is 0 Å². The van der Waals surface area contributed by atoms with Gasteiger partial charge in [0, 0.05) is 6.05 Å². The molecule has 78 valence electrons. The van der Waals surface area contributed by atoms with Gasteiger partial charge in [0.25, 0.3) is 0 Å². The molecular formula is C11H10O4. The van der Waals surface area contributed by atoms with Crippen LogP contribution in [0.3, 0.4) is 0 Å². The molecule has 0 aliphatic carbocycles. The minimum Gasteiger partial charge on any atom is -0.429 e. The highest BCUT2D eigenvalue weighted by Gasteiger charge is 2.07. The predicted molar refractivity (Wildman–Crippen MR) is 52.9 cm³/mol. The Balaban J connectivity index is 2.44. The highest BCUT2D eigenvalue weighted by Crippen LogP contribution is 2.01. The van der Waals surface area contributed by atoms with Crippen molar-refractivity contribution in [2.45, 2.75) is 6.61 Å². The molecule has 0 aliphatic heterocycles. The number of carbonyl (C=O) groups is 2. The Hall–Kier alpha value is -2.10. The fourth-order valence-electron chi connectivity index (χ4n) is 0.847. The lowest BCUT2D eigenvalue weighted by Gasteiger charge is -2.02.